The average molecular weight is 815 g/mol. The van der Waals surface area contributed by atoms with Gasteiger partial charge in [0.15, 0.2) is 6.23 Å². The lowest BCUT2D eigenvalue weighted by Gasteiger charge is -2.37. The Kier molecular flexibility index (Phi) is 19.2. The predicted molar refractivity (Wildman–Crippen MR) is 230 cm³/mol. The number of unbranched alkanes of at least 4 members (excludes halogenated alkanes) is 13. The van der Waals surface area contributed by atoms with Crippen LogP contribution in [0.4, 0.5) is 0 Å². The van der Waals surface area contributed by atoms with Crippen LogP contribution in [-0.2, 0) is 24.5 Å². The molecule has 0 aliphatic carbocycles. The summed E-state index contributed by atoms with van der Waals surface area (Å²) in [4.78, 5) is 27.1. The highest BCUT2D eigenvalue weighted by Gasteiger charge is 2.48. The number of nitrogens with one attached hydrogen (secondary N) is 1. The summed E-state index contributed by atoms with van der Waals surface area (Å²) in [5, 5.41) is 11.7. The van der Waals surface area contributed by atoms with Crippen LogP contribution in [0.1, 0.15) is 120 Å². The SMILES string of the molecule is CCCCCCCCCCCCCCCCOCCOC1C(COC(c2ccccc2)(c2ccc(OC)cc2)c2ccc(OC)cc2)OC(n2ccc(=O)[nH]c2=O)C1O. The highest BCUT2D eigenvalue weighted by atomic mass is 16.6. The van der Waals surface area contributed by atoms with Gasteiger partial charge in [0.05, 0.1) is 34.0 Å². The summed E-state index contributed by atoms with van der Waals surface area (Å²) in [6.45, 7) is 3.40. The Hall–Kier alpha value is -4.26. The van der Waals surface area contributed by atoms with Gasteiger partial charge in [-0.2, -0.15) is 0 Å². The molecule has 0 bridgehead atoms. The molecule has 0 amide bonds. The molecular formula is C48H66N2O9. The van der Waals surface area contributed by atoms with Crippen molar-refractivity contribution in [2.24, 2.45) is 0 Å². The standard InChI is InChI=1S/C48H66N2O9/c1-4-5-6-7-8-9-10-11-12-13-14-15-16-20-33-56-34-35-57-45-42(59-46(44(45)52)50-32-31-43(51)49-47(50)53)36-58-48(37-21-18-17-19-22-37,38-23-27-40(54-2)28-24-38)39-25-29-41(55-3)30-26-39/h17-19,21-32,42,44-46,52H,4-16,20,33-36H2,1-3H3,(H,49,51,53). The van der Waals surface area contributed by atoms with E-state index in [0.29, 0.717) is 24.7 Å². The number of aromatic amines is 1. The van der Waals surface area contributed by atoms with E-state index in [4.69, 9.17) is 28.4 Å². The monoisotopic (exact) mass is 814 g/mol. The molecular weight excluding hydrogens is 749 g/mol. The summed E-state index contributed by atoms with van der Waals surface area (Å²) in [5.41, 5.74) is 0.119. The number of aliphatic hydroxyl groups is 1. The maximum absolute atomic E-state index is 12.9. The third kappa shape index (κ3) is 13.1. The van der Waals surface area contributed by atoms with Crippen LogP contribution in [-0.4, -0.2) is 73.6 Å². The second kappa shape index (κ2) is 24.7. The number of benzene rings is 3. The number of ether oxygens (including phenoxy) is 6. The molecule has 1 fully saturated rings. The quantitative estimate of drug-likeness (QED) is 0.0427. The van der Waals surface area contributed by atoms with Crippen molar-refractivity contribution in [3.8, 4) is 11.5 Å². The van der Waals surface area contributed by atoms with Crippen LogP contribution >= 0.6 is 0 Å². The molecule has 11 nitrogen and oxygen atoms in total. The number of H-pyrrole nitrogens is 1. The maximum atomic E-state index is 12.9. The number of hydrogen-bond donors (Lipinski definition) is 2. The number of aromatic nitrogens is 2. The van der Waals surface area contributed by atoms with Gasteiger partial charge in [0, 0.05) is 18.9 Å². The van der Waals surface area contributed by atoms with Crippen molar-refractivity contribution in [3.63, 3.8) is 0 Å². The molecule has 1 aromatic heterocycles. The molecule has 1 aliphatic heterocycles. The molecule has 4 aromatic rings. The molecule has 0 saturated carbocycles. The molecule has 322 valence electrons. The number of aliphatic hydroxyl groups excluding tert-OH is 1. The largest absolute Gasteiger partial charge is 0.497 e. The second-order valence-electron chi connectivity index (χ2n) is 15.4. The summed E-state index contributed by atoms with van der Waals surface area (Å²) in [5.74, 6) is 1.39. The minimum atomic E-state index is -1.26. The van der Waals surface area contributed by atoms with Crippen LogP contribution in [0.15, 0.2) is 101 Å². The lowest BCUT2D eigenvalue weighted by atomic mass is 9.80. The zero-order chi connectivity index (χ0) is 41.7. The topological polar surface area (TPSA) is 130 Å². The summed E-state index contributed by atoms with van der Waals surface area (Å²) >= 11 is 0. The van der Waals surface area contributed by atoms with E-state index in [1.165, 1.54) is 93.9 Å². The van der Waals surface area contributed by atoms with Crippen LogP contribution < -0.4 is 20.7 Å². The van der Waals surface area contributed by atoms with Gasteiger partial charge in [0.2, 0.25) is 0 Å². The van der Waals surface area contributed by atoms with Gasteiger partial charge < -0.3 is 33.5 Å². The summed E-state index contributed by atoms with van der Waals surface area (Å²) in [6, 6.07) is 26.5. The lowest BCUT2D eigenvalue weighted by molar-refractivity contribution is -0.108. The van der Waals surface area contributed by atoms with Crippen molar-refractivity contribution in [2.75, 3.05) is 40.6 Å². The van der Waals surface area contributed by atoms with Crippen LogP contribution in [0.3, 0.4) is 0 Å². The van der Waals surface area contributed by atoms with Crippen LogP contribution in [0, 0.1) is 0 Å². The molecule has 2 N–H and O–H groups in total. The first kappa shape index (κ1) is 45.8. The molecule has 5 rings (SSSR count). The highest BCUT2D eigenvalue weighted by molar-refractivity contribution is 5.49. The first-order valence-corrected chi connectivity index (χ1v) is 21.7. The fourth-order valence-corrected chi connectivity index (χ4v) is 7.94. The molecule has 4 unspecified atom stereocenters. The van der Waals surface area contributed by atoms with E-state index < -0.39 is 41.4 Å². The Morgan fingerprint density at radius 2 is 1.19 bits per heavy atom. The van der Waals surface area contributed by atoms with Gasteiger partial charge in [0.1, 0.15) is 35.4 Å². The zero-order valence-corrected chi connectivity index (χ0v) is 35.4. The molecule has 3 aromatic carbocycles. The Balaban J connectivity index is 1.22. The number of methoxy groups -OCH3 is 2. The summed E-state index contributed by atoms with van der Waals surface area (Å²) < 4.78 is 37.9. The third-order valence-corrected chi connectivity index (χ3v) is 11.3. The molecule has 11 heteroatoms. The minimum Gasteiger partial charge on any atom is -0.497 e. The predicted octanol–water partition coefficient (Wildman–Crippen LogP) is 8.70. The van der Waals surface area contributed by atoms with Crippen molar-refractivity contribution in [3.05, 3.63) is 129 Å². The lowest BCUT2D eigenvalue weighted by Crippen LogP contribution is -2.41. The van der Waals surface area contributed by atoms with Crippen LogP contribution in [0.5, 0.6) is 11.5 Å². The summed E-state index contributed by atoms with van der Waals surface area (Å²) in [7, 11) is 3.25. The van der Waals surface area contributed by atoms with Crippen molar-refractivity contribution in [1.82, 2.24) is 9.55 Å². The molecule has 1 aliphatic rings. The van der Waals surface area contributed by atoms with Gasteiger partial charge >= 0.3 is 5.69 Å². The number of rotatable bonds is 28. The Labute approximate surface area is 350 Å². The van der Waals surface area contributed by atoms with Gasteiger partial charge in [-0.05, 0) is 47.4 Å². The highest BCUT2D eigenvalue weighted by Crippen LogP contribution is 2.43. The summed E-state index contributed by atoms with van der Waals surface area (Å²) in [6.07, 6.45) is 15.4. The third-order valence-electron chi connectivity index (χ3n) is 11.3. The van der Waals surface area contributed by atoms with Gasteiger partial charge in [-0.15, -0.1) is 0 Å². The molecule has 4 atom stereocenters. The number of nitrogens with zero attached hydrogens (tertiary/aromatic N) is 1. The van der Waals surface area contributed by atoms with Crippen LogP contribution in [0.2, 0.25) is 0 Å². The Morgan fingerprint density at radius 1 is 0.661 bits per heavy atom. The molecule has 59 heavy (non-hydrogen) atoms. The molecule has 0 spiro atoms. The van der Waals surface area contributed by atoms with E-state index >= 15 is 0 Å². The number of hydrogen-bond acceptors (Lipinski definition) is 9. The Bertz CT molecular complexity index is 1820. The van der Waals surface area contributed by atoms with E-state index in [1.54, 1.807) is 14.2 Å². The molecule has 1 saturated heterocycles. The van der Waals surface area contributed by atoms with E-state index in [-0.39, 0.29) is 13.2 Å². The van der Waals surface area contributed by atoms with Crippen molar-refractivity contribution < 1.29 is 33.5 Å². The van der Waals surface area contributed by atoms with Crippen molar-refractivity contribution in [2.45, 2.75) is 127 Å². The molecule has 2 heterocycles. The Morgan fingerprint density at radius 3 is 1.71 bits per heavy atom. The first-order chi connectivity index (χ1) is 28.9. The van der Waals surface area contributed by atoms with E-state index in [2.05, 4.69) is 11.9 Å². The fraction of sp³-hybridized carbons (Fsp3) is 0.542. The normalized spacial score (nSPS) is 18.0. The maximum Gasteiger partial charge on any atom is 0.330 e. The van der Waals surface area contributed by atoms with Gasteiger partial charge in [-0.1, -0.05) is 145 Å². The van der Waals surface area contributed by atoms with E-state index in [9.17, 15) is 14.7 Å². The van der Waals surface area contributed by atoms with E-state index in [1.807, 2.05) is 78.9 Å². The van der Waals surface area contributed by atoms with Crippen molar-refractivity contribution >= 4 is 0 Å². The van der Waals surface area contributed by atoms with Crippen molar-refractivity contribution in [1.29, 1.82) is 0 Å². The fourth-order valence-electron chi connectivity index (χ4n) is 7.94. The minimum absolute atomic E-state index is 0.0385. The molecule has 0 radical (unpaired) electrons. The average Bonchev–Trinajstić information content (AvgIpc) is 3.57. The van der Waals surface area contributed by atoms with E-state index in [0.717, 1.165) is 29.5 Å². The van der Waals surface area contributed by atoms with Crippen LogP contribution in [0.25, 0.3) is 0 Å². The first-order valence-electron chi connectivity index (χ1n) is 21.7. The smallest absolute Gasteiger partial charge is 0.330 e. The van der Waals surface area contributed by atoms with Gasteiger partial charge in [-0.25, -0.2) is 4.79 Å². The van der Waals surface area contributed by atoms with Gasteiger partial charge in [-0.3, -0.25) is 14.3 Å². The van der Waals surface area contributed by atoms with Gasteiger partial charge in [0.25, 0.3) is 5.56 Å². The second-order valence-corrected chi connectivity index (χ2v) is 15.4. The zero-order valence-electron chi connectivity index (χ0n) is 35.4.